The summed E-state index contributed by atoms with van der Waals surface area (Å²) in [5.74, 6) is 0.384. The highest BCUT2D eigenvalue weighted by Gasteiger charge is 2.23. The van der Waals surface area contributed by atoms with Crippen LogP contribution in [0, 0.1) is 0 Å². The lowest BCUT2D eigenvalue weighted by Crippen LogP contribution is -2.47. The summed E-state index contributed by atoms with van der Waals surface area (Å²) in [7, 11) is 1.96. The molecule has 0 saturated carbocycles. The molecule has 1 aromatic rings. The molecule has 0 bridgehead atoms. The first-order valence-electron chi connectivity index (χ1n) is 8.51. The van der Waals surface area contributed by atoms with Crippen molar-refractivity contribution in [1.82, 2.24) is 10.2 Å². The fourth-order valence-corrected chi connectivity index (χ4v) is 3.44. The Balaban J connectivity index is 1.59. The zero-order valence-corrected chi connectivity index (χ0v) is 13.8. The predicted molar refractivity (Wildman–Crippen MR) is 90.4 cm³/mol. The molecule has 2 aliphatic rings. The second-order valence-electron chi connectivity index (χ2n) is 6.46. The molecule has 1 aromatic carbocycles. The van der Waals surface area contributed by atoms with E-state index in [1.54, 1.807) is 0 Å². The van der Waals surface area contributed by atoms with Crippen molar-refractivity contribution in [3.8, 4) is 0 Å². The fourth-order valence-electron chi connectivity index (χ4n) is 3.44. The summed E-state index contributed by atoms with van der Waals surface area (Å²) in [6, 6.07) is 8.27. The topological polar surface area (TPSA) is 52.7 Å². The van der Waals surface area contributed by atoms with Crippen LogP contribution in [-0.4, -0.2) is 49.4 Å². The van der Waals surface area contributed by atoms with E-state index in [1.165, 1.54) is 0 Å². The van der Waals surface area contributed by atoms with E-state index in [0.29, 0.717) is 18.9 Å². The van der Waals surface area contributed by atoms with Gasteiger partial charge >= 0.3 is 0 Å². The largest absolute Gasteiger partial charge is 0.341 e. The van der Waals surface area contributed by atoms with Gasteiger partial charge in [0.1, 0.15) is 0 Å². The van der Waals surface area contributed by atoms with Crippen LogP contribution in [0.1, 0.15) is 31.2 Å². The van der Waals surface area contributed by atoms with Crippen molar-refractivity contribution in [1.29, 1.82) is 0 Å². The first-order chi connectivity index (χ1) is 11.2. The van der Waals surface area contributed by atoms with Crippen molar-refractivity contribution in [3.05, 3.63) is 29.8 Å². The number of amides is 2. The smallest absolute Gasteiger partial charge is 0.227 e. The number of rotatable bonds is 4. The number of carbonyl (C=O) groups is 2. The second kappa shape index (κ2) is 7.13. The molecule has 2 aliphatic heterocycles. The van der Waals surface area contributed by atoms with Gasteiger partial charge in [-0.25, -0.2) is 0 Å². The highest BCUT2D eigenvalue weighted by Crippen LogP contribution is 2.22. The van der Waals surface area contributed by atoms with Crippen LogP contribution in [0.4, 0.5) is 5.69 Å². The molecule has 5 nitrogen and oxygen atoms in total. The molecule has 1 atom stereocenters. The van der Waals surface area contributed by atoms with Crippen molar-refractivity contribution >= 4 is 17.5 Å². The van der Waals surface area contributed by atoms with Crippen LogP contribution in [0.3, 0.4) is 0 Å². The van der Waals surface area contributed by atoms with Crippen LogP contribution in [0.5, 0.6) is 0 Å². The van der Waals surface area contributed by atoms with Gasteiger partial charge in [0, 0.05) is 37.8 Å². The van der Waals surface area contributed by atoms with Crippen molar-refractivity contribution in [2.45, 2.75) is 38.1 Å². The van der Waals surface area contributed by atoms with E-state index >= 15 is 0 Å². The Kier molecular flexibility index (Phi) is 4.96. The Bertz CT molecular complexity index is 570. The number of piperidine rings is 1. The minimum Gasteiger partial charge on any atom is -0.341 e. The minimum absolute atomic E-state index is 0.190. The molecule has 3 rings (SSSR count). The van der Waals surface area contributed by atoms with E-state index in [1.807, 2.05) is 41.1 Å². The molecule has 23 heavy (non-hydrogen) atoms. The van der Waals surface area contributed by atoms with Gasteiger partial charge < -0.3 is 15.1 Å². The Labute approximate surface area is 137 Å². The predicted octanol–water partition coefficient (Wildman–Crippen LogP) is 1.57. The molecule has 2 fully saturated rings. The normalized spacial score (nSPS) is 21.8. The number of nitrogens with zero attached hydrogens (tertiary/aromatic N) is 2. The third-order valence-corrected chi connectivity index (χ3v) is 4.86. The highest BCUT2D eigenvalue weighted by atomic mass is 16.2. The second-order valence-corrected chi connectivity index (χ2v) is 6.46. The first-order valence-corrected chi connectivity index (χ1v) is 8.51. The summed E-state index contributed by atoms with van der Waals surface area (Å²) in [6.07, 6.45) is 4.21. The Morgan fingerprint density at radius 2 is 2.00 bits per heavy atom. The molecular formula is C18H25N3O2. The first kappa shape index (κ1) is 16.0. The van der Waals surface area contributed by atoms with E-state index < -0.39 is 0 Å². The van der Waals surface area contributed by atoms with Crippen LogP contribution < -0.4 is 10.2 Å². The molecular weight excluding hydrogens is 290 g/mol. The number of carbonyl (C=O) groups excluding carboxylic acids is 2. The summed E-state index contributed by atoms with van der Waals surface area (Å²) in [5, 5.41) is 3.26. The monoisotopic (exact) mass is 315 g/mol. The Morgan fingerprint density at radius 1 is 1.22 bits per heavy atom. The molecule has 1 unspecified atom stereocenters. The molecule has 0 aliphatic carbocycles. The van der Waals surface area contributed by atoms with Crippen LogP contribution >= 0.6 is 0 Å². The zero-order valence-electron chi connectivity index (χ0n) is 13.8. The number of likely N-dealkylation sites (tertiary alicyclic amines) is 1. The average Bonchev–Trinajstić information content (AvgIpc) is 3.01. The summed E-state index contributed by atoms with van der Waals surface area (Å²) >= 11 is 0. The maximum absolute atomic E-state index is 12.5. The van der Waals surface area contributed by atoms with Gasteiger partial charge in [0.05, 0.1) is 6.42 Å². The molecule has 2 amide bonds. The van der Waals surface area contributed by atoms with E-state index in [2.05, 4.69) is 5.32 Å². The van der Waals surface area contributed by atoms with Gasteiger partial charge in [-0.3, -0.25) is 9.59 Å². The average molecular weight is 315 g/mol. The molecule has 0 spiro atoms. The summed E-state index contributed by atoms with van der Waals surface area (Å²) in [5.41, 5.74) is 1.95. The van der Waals surface area contributed by atoms with Crippen molar-refractivity contribution in [2.75, 3.05) is 31.6 Å². The van der Waals surface area contributed by atoms with Crippen LogP contribution in [-0.2, 0) is 16.0 Å². The van der Waals surface area contributed by atoms with E-state index in [4.69, 9.17) is 0 Å². The van der Waals surface area contributed by atoms with Crippen molar-refractivity contribution in [2.24, 2.45) is 0 Å². The van der Waals surface area contributed by atoms with Gasteiger partial charge in [0.15, 0.2) is 0 Å². The summed E-state index contributed by atoms with van der Waals surface area (Å²) in [6.45, 7) is 2.46. The van der Waals surface area contributed by atoms with E-state index in [0.717, 1.165) is 50.1 Å². The Morgan fingerprint density at radius 3 is 2.65 bits per heavy atom. The van der Waals surface area contributed by atoms with Gasteiger partial charge in [0.25, 0.3) is 0 Å². The van der Waals surface area contributed by atoms with Gasteiger partial charge in [0.2, 0.25) is 11.8 Å². The molecule has 1 N–H and O–H groups in total. The van der Waals surface area contributed by atoms with E-state index in [9.17, 15) is 9.59 Å². The number of hydrogen-bond acceptors (Lipinski definition) is 3. The summed E-state index contributed by atoms with van der Waals surface area (Å²) in [4.78, 5) is 28.0. The van der Waals surface area contributed by atoms with Crippen molar-refractivity contribution < 1.29 is 9.59 Å². The Hall–Kier alpha value is -1.88. The molecule has 5 heteroatoms. The number of anilines is 1. The quantitative estimate of drug-likeness (QED) is 0.917. The SMILES string of the molecule is CNC1CCCN(C(=O)Cc2ccc(N3CCCC3=O)cc2)C1. The van der Waals surface area contributed by atoms with Crippen LogP contribution in [0.2, 0.25) is 0 Å². The fraction of sp³-hybridized carbons (Fsp3) is 0.556. The third-order valence-electron chi connectivity index (χ3n) is 4.86. The molecule has 124 valence electrons. The van der Waals surface area contributed by atoms with Crippen molar-refractivity contribution in [3.63, 3.8) is 0 Å². The molecule has 2 saturated heterocycles. The van der Waals surface area contributed by atoms with Gasteiger partial charge in [-0.05, 0) is 44.0 Å². The number of nitrogens with one attached hydrogen (secondary N) is 1. The number of hydrogen-bond donors (Lipinski definition) is 1. The maximum atomic E-state index is 12.5. The minimum atomic E-state index is 0.190. The van der Waals surface area contributed by atoms with E-state index in [-0.39, 0.29) is 11.8 Å². The van der Waals surface area contributed by atoms with Crippen LogP contribution in [0.25, 0.3) is 0 Å². The standard InChI is InChI=1S/C18H25N3O2/c1-19-15-4-2-10-20(13-15)18(23)12-14-6-8-16(9-7-14)21-11-3-5-17(21)22/h6-9,15,19H,2-5,10-13H2,1H3. The lowest BCUT2D eigenvalue weighted by molar-refractivity contribution is -0.131. The highest BCUT2D eigenvalue weighted by molar-refractivity contribution is 5.95. The third kappa shape index (κ3) is 3.72. The van der Waals surface area contributed by atoms with Crippen LogP contribution in [0.15, 0.2) is 24.3 Å². The zero-order chi connectivity index (χ0) is 16.2. The lowest BCUT2D eigenvalue weighted by atomic mass is 10.0. The molecule has 2 heterocycles. The number of likely N-dealkylation sites (N-methyl/N-ethyl adjacent to an activating group) is 1. The van der Waals surface area contributed by atoms with Gasteiger partial charge in [-0.15, -0.1) is 0 Å². The molecule has 0 aromatic heterocycles. The maximum Gasteiger partial charge on any atom is 0.227 e. The lowest BCUT2D eigenvalue weighted by Gasteiger charge is -2.32. The molecule has 0 radical (unpaired) electrons. The van der Waals surface area contributed by atoms with Gasteiger partial charge in [-0.1, -0.05) is 12.1 Å². The number of benzene rings is 1. The summed E-state index contributed by atoms with van der Waals surface area (Å²) < 4.78 is 0. The van der Waals surface area contributed by atoms with Gasteiger partial charge in [-0.2, -0.15) is 0 Å².